The standard InChI is InChI=1S/C15H16N6O/c1-16-14-12-5-4-10(9-2-3-9)6-13(12)21(15(22)18-14)8-11-7-17-20-19-11/h4-7,9H,2-3,8H2,1H3,(H,16,18,22)(H,17,19,20). The predicted octanol–water partition coefficient (Wildman–Crippen LogP) is 1.48. The molecule has 7 heteroatoms. The first-order chi connectivity index (χ1) is 10.8. The van der Waals surface area contributed by atoms with Gasteiger partial charge in [0.15, 0.2) is 0 Å². The van der Waals surface area contributed by atoms with E-state index in [0.29, 0.717) is 24.0 Å². The summed E-state index contributed by atoms with van der Waals surface area (Å²) in [6, 6.07) is 6.28. The smallest absolute Gasteiger partial charge is 0.350 e. The Morgan fingerprint density at radius 2 is 2.27 bits per heavy atom. The fourth-order valence-corrected chi connectivity index (χ4v) is 2.77. The normalized spacial score (nSPS) is 14.4. The Labute approximate surface area is 126 Å². The molecule has 2 aromatic heterocycles. The van der Waals surface area contributed by atoms with Gasteiger partial charge in [-0.25, -0.2) is 4.79 Å². The molecule has 0 unspecified atom stereocenters. The second kappa shape index (κ2) is 4.94. The first-order valence-electron chi connectivity index (χ1n) is 7.34. The third kappa shape index (κ3) is 2.14. The van der Waals surface area contributed by atoms with Gasteiger partial charge in [-0.05, 0) is 36.5 Å². The molecular formula is C15H16N6O. The van der Waals surface area contributed by atoms with Crippen molar-refractivity contribution in [2.24, 2.45) is 0 Å². The Kier molecular flexibility index (Phi) is 2.92. The van der Waals surface area contributed by atoms with E-state index in [1.54, 1.807) is 17.8 Å². The molecule has 7 nitrogen and oxygen atoms in total. The van der Waals surface area contributed by atoms with Crippen molar-refractivity contribution in [3.63, 3.8) is 0 Å². The zero-order chi connectivity index (χ0) is 15.1. The molecule has 4 rings (SSSR count). The molecule has 1 saturated carbocycles. The maximum atomic E-state index is 12.4. The molecule has 0 saturated heterocycles. The summed E-state index contributed by atoms with van der Waals surface area (Å²) in [7, 11) is 1.78. The van der Waals surface area contributed by atoms with Crippen LogP contribution in [0.4, 0.5) is 5.82 Å². The molecule has 2 heterocycles. The number of nitrogens with one attached hydrogen (secondary N) is 2. The molecule has 0 spiro atoms. The van der Waals surface area contributed by atoms with E-state index in [0.717, 1.165) is 10.9 Å². The van der Waals surface area contributed by atoms with Gasteiger partial charge in [-0.2, -0.15) is 4.98 Å². The monoisotopic (exact) mass is 296 g/mol. The van der Waals surface area contributed by atoms with Gasteiger partial charge in [0, 0.05) is 18.6 Å². The number of aromatic amines is 1. The predicted molar refractivity (Wildman–Crippen MR) is 83.0 cm³/mol. The highest BCUT2D eigenvalue weighted by atomic mass is 16.1. The Balaban J connectivity index is 1.94. The molecular weight excluding hydrogens is 280 g/mol. The number of hydrogen-bond donors (Lipinski definition) is 2. The molecule has 1 aliphatic rings. The minimum Gasteiger partial charge on any atom is -0.372 e. The van der Waals surface area contributed by atoms with Crippen molar-refractivity contribution < 1.29 is 0 Å². The molecule has 0 bridgehead atoms. The van der Waals surface area contributed by atoms with Gasteiger partial charge >= 0.3 is 5.69 Å². The maximum absolute atomic E-state index is 12.4. The minimum absolute atomic E-state index is 0.284. The summed E-state index contributed by atoms with van der Waals surface area (Å²) in [5.74, 6) is 1.24. The van der Waals surface area contributed by atoms with Crippen LogP contribution in [0.3, 0.4) is 0 Å². The lowest BCUT2D eigenvalue weighted by molar-refractivity contribution is 0.738. The van der Waals surface area contributed by atoms with Crippen molar-refractivity contribution >= 4 is 16.7 Å². The van der Waals surface area contributed by atoms with Crippen LogP contribution >= 0.6 is 0 Å². The molecule has 0 amide bonds. The summed E-state index contributed by atoms with van der Waals surface area (Å²) in [5.41, 5.74) is 2.60. The van der Waals surface area contributed by atoms with Crippen LogP contribution in [0.1, 0.15) is 30.0 Å². The van der Waals surface area contributed by atoms with Crippen LogP contribution in [0.25, 0.3) is 10.9 Å². The molecule has 1 fully saturated rings. The lowest BCUT2D eigenvalue weighted by Crippen LogP contribution is -2.25. The van der Waals surface area contributed by atoms with E-state index in [-0.39, 0.29) is 5.69 Å². The van der Waals surface area contributed by atoms with Gasteiger partial charge in [0.25, 0.3) is 0 Å². The summed E-state index contributed by atoms with van der Waals surface area (Å²) in [5, 5.41) is 14.3. The van der Waals surface area contributed by atoms with E-state index in [2.05, 4.69) is 37.8 Å². The highest BCUT2D eigenvalue weighted by Gasteiger charge is 2.24. The van der Waals surface area contributed by atoms with Gasteiger partial charge in [0.05, 0.1) is 12.1 Å². The van der Waals surface area contributed by atoms with Crippen molar-refractivity contribution in [2.75, 3.05) is 12.4 Å². The number of H-pyrrole nitrogens is 1. The fraction of sp³-hybridized carbons (Fsp3) is 0.333. The van der Waals surface area contributed by atoms with Gasteiger partial charge in [0.2, 0.25) is 0 Å². The minimum atomic E-state index is -0.284. The SMILES string of the molecule is CNc1nc(=O)n(Cc2c[nH]nn2)c2cc(C3CC3)ccc12. The second-order valence-electron chi connectivity index (χ2n) is 5.59. The highest BCUT2D eigenvalue weighted by molar-refractivity contribution is 5.89. The lowest BCUT2D eigenvalue weighted by atomic mass is 10.1. The quantitative estimate of drug-likeness (QED) is 0.761. The average Bonchev–Trinajstić information content (AvgIpc) is 3.26. The second-order valence-corrected chi connectivity index (χ2v) is 5.59. The summed E-state index contributed by atoms with van der Waals surface area (Å²) in [6.07, 6.45) is 4.14. The molecule has 0 radical (unpaired) electrons. The topological polar surface area (TPSA) is 88.5 Å². The average molecular weight is 296 g/mol. The van der Waals surface area contributed by atoms with Gasteiger partial charge in [-0.1, -0.05) is 11.3 Å². The molecule has 1 aromatic carbocycles. The summed E-state index contributed by atoms with van der Waals surface area (Å²) >= 11 is 0. The Morgan fingerprint density at radius 1 is 1.41 bits per heavy atom. The van der Waals surface area contributed by atoms with E-state index >= 15 is 0 Å². The van der Waals surface area contributed by atoms with E-state index in [1.807, 2.05) is 6.07 Å². The number of hydrogen-bond acceptors (Lipinski definition) is 5. The highest BCUT2D eigenvalue weighted by Crippen LogP contribution is 2.41. The Bertz CT molecular complexity index is 879. The third-order valence-corrected chi connectivity index (χ3v) is 4.08. The van der Waals surface area contributed by atoms with E-state index in [1.165, 1.54) is 18.4 Å². The molecule has 22 heavy (non-hydrogen) atoms. The van der Waals surface area contributed by atoms with Crippen molar-refractivity contribution in [2.45, 2.75) is 25.3 Å². The van der Waals surface area contributed by atoms with Gasteiger partial charge < -0.3 is 5.32 Å². The van der Waals surface area contributed by atoms with Gasteiger partial charge in [-0.15, -0.1) is 5.10 Å². The number of fused-ring (bicyclic) bond motifs is 1. The number of rotatable bonds is 4. The van der Waals surface area contributed by atoms with E-state index < -0.39 is 0 Å². The molecule has 3 aromatic rings. The van der Waals surface area contributed by atoms with Crippen molar-refractivity contribution in [1.29, 1.82) is 0 Å². The number of nitrogens with zero attached hydrogens (tertiary/aromatic N) is 4. The lowest BCUT2D eigenvalue weighted by Gasteiger charge is -2.12. The molecule has 0 aliphatic heterocycles. The van der Waals surface area contributed by atoms with E-state index in [9.17, 15) is 4.79 Å². The largest absolute Gasteiger partial charge is 0.372 e. The van der Waals surface area contributed by atoms with Crippen molar-refractivity contribution in [1.82, 2.24) is 25.0 Å². The van der Waals surface area contributed by atoms with E-state index in [4.69, 9.17) is 0 Å². The number of anilines is 1. The van der Waals surface area contributed by atoms with Crippen LogP contribution in [-0.4, -0.2) is 32.0 Å². The Morgan fingerprint density at radius 3 is 2.95 bits per heavy atom. The van der Waals surface area contributed by atoms with Gasteiger partial charge in [0.1, 0.15) is 11.5 Å². The Hall–Kier alpha value is -2.70. The summed E-state index contributed by atoms with van der Waals surface area (Å²) in [4.78, 5) is 16.5. The molecule has 112 valence electrons. The maximum Gasteiger partial charge on any atom is 0.350 e. The number of benzene rings is 1. The zero-order valence-corrected chi connectivity index (χ0v) is 12.2. The molecule has 0 atom stereocenters. The van der Waals surface area contributed by atoms with Crippen LogP contribution in [0.15, 0.2) is 29.2 Å². The van der Waals surface area contributed by atoms with Crippen molar-refractivity contribution in [3.8, 4) is 0 Å². The van der Waals surface area contributed by atoms with Crippen LogP contribution in [-0.2, 0) is 6.54 Å². The van der Waals surface area contributed by atoms with Gasteiger partial charge in [-0.3, -0.25) is 9.67 Å². The third-order valence-electron chi connectivity index (χ3n) is 4.08. The van der Waals surface area contributed by atoms with Crippen molar-refractivity contribution in [3.05, 3.63) is 46.1 Å². The summed E-state index contributed by atoms with van der Waals surface area (Å²) < 4.78 is 1.65. The molecule has 2 N–H and O–H groups in total. The number of aromatic nitrogens is 5. The first kappa shape index (κ1) is 13.0. The van der Waals surface area contributed by atoms with Crippen LogP contribution in [0, 0.1) is 0 Å². The summed E-state index contributed by atoms with van der Waals surface area (Å²) in [6.45, 7) is 0.358. The zero-order valence-electron chi connectivity index (χ0n) is 12.2. The fourth-order valence-electron chi connectivity index (χ4n) is 2.77. The molecule has 1 aliphatic carbocycles. The first-order valence-corrected chi connectivity index (χ1v) is 7.34. The van der Waals surface area contributed by atoms with Crippen LogP contribution in [0.5, 0.6) is 0 Å². The van der Waals surface area contributed by atoms with Crippen LogP contribution < -0.4 is 11.0 Å². The van der Waals surface area contributed by atoms with Crippen LogP contribution in [0.2, 0.25) is 0 Å².